The van der Waals surface area contributed by atoms with E-state index in [0.717, 1.165) is 6.42 Å². The van der Waals surface area contributed by atoms with E-state index in [1.807, 2.05) is 24.3 Å². The molecule has 0 spiro atoms. The standard InChI is InChI=1S/C13H6.10Y/c1-3-7-12-10(5-1)9-11-6-2-4-8-13(11)12;;;;;;;;;;/h1-2,7-8H,9H2;;;;;;;;;;/q-4;;;;;;;;;;. The van der Waals surface area contributed by atoms with Gasteiger partial charge in [-0.05, 0) is 0 Å². The first-order valence-corrected chi connectivity index (χ1v) is 4.27. The second-order valence-corrected chi connectivity index (χ2v) is 3.16. The van der Waals surface area contributed by atoms with E-state index in [2.05, 4.69) is 24.3 Å². The molecule has 0 heterocycles. The smallest absolute Gasteiger partial charge is 0 e. The third-order valence-electron chi connectivity index (χ3n) is 2.41. The van der Waals surface area contributed by atoms with Gasteiger partial charge >= 0.3 is 0 Å². The Morgan fingerprint density at radius 3 is 1.13 bits per heavy atom. The second-order valence-electron chi connectivity index (χ2n) is 3.16. The van der Waals surface area contributed by atoms with Crippen LogP contribution in [0.2, 0.25) is 0 Å². The molecule has 0 N–H and O–H groups in total. The van der Waals surface area contributed by atoms with Crippen LogP contribution in [0.4, 0.5) is 0 Å². The van der Waals surface area contributed by atoms with Crippen LogP contribution in [0.1, 0.15) is 11.1 Å². The fourth-order valence-electron chi connectivity index (χ4n) is 1.79. The molecule has 0 aliphatic heterocycles. The van der Waals surface area contributed by atoms with Crippen LogP contribution in [0, 0.1) is 24.3 Å². The van der Waals surface area contributed by atoms with Gasteiger partial charge in [0.1, 0.15) is 0 Å². The van der Waals surface area contributed by atoms with Gasteiger partial charge in [0, 0.05) is 327 Å². The van der Waals surface area contributed by atoms with Gasteiger partial charge in [0.2, 0.25) is 0 Å². The molecule has 23 heavy (non-hydrogen) atoms. The van der Waals surface area contributed by atoms with Crippen LogP contribution in [0.3, 0.4) is 0 Å². The molecule has 0 atom stereocenters. The number of hydrogen-bond acceptors (Lipinski definition) is 0. The molecule has 0 amide bonds. The van der Waals surface area contributed by atoms with Crippen molar-refractivity contribution in [1.82, 2.24) is 0 Å². The van der Waals surface area contributed by atoms with Crippen LogP contribution < -0.4 is 0 Å². The van der Waals surface area contributed by atoms with Gasteiger partial charge in [0.05, 0.1) is 0 Å². The second kappa shape index (κ2) is 31.5. The Hall–Kier alpha value is 9.48. The van der Waals surface area contributed by atoms with Crippen LogP contribution in [0.15, 0.2) is 24.3 Å². The molecule has 2 aromatic rings. The Balaban J connectivity index is -0.0000000375. The van der Waals surface area contributed by atoms with E-state index >= 15 is 0 Å². The van der Waals surface area contributed by atoms with Crippen LogP contribution in [-0.2, 0) is 334 Å². The zero-order valence-corrected chi connectivity index (χ0v) is 41.2. The van der Waals surface area contributed by atoms with E-state index in [0.29, 0.717) is 0 Å². The number of rotatable bonds is 0. The Morgan fingerprint density at radius 1 is 0.522 bits per heavy atom. The van der Waals surface area contributed by atoms with Crippen LogP contribution >= 0.6 is 0 Å². The van der Waals surface area contributed by atoms with Crippen LogP contribution in [0.25, 0.3) is 11.1 Å². The van der Waals surface area contributed by atoms with E-state index < -0.39 is 0 Å². The number of hydrogen-bond donors (Lipinski definition) is 0. The summed E-state index contributed by atoms with van der Waals surface area (Å²) in [6.07, 6.45) is 0.952. The van der Waals surface area contributed by atoms with Gasteiger partial charge in [-0.1, -0.05) is 6.42 Å². The zero-order valence-electron chi connectivity index (χ0n) is 12.8. The van der Waals surface area contributed by atoms with Gasteiger partial charge in [0.15, 0.2) is 0 Å². The molecule has 1 aliphatic carbocycles. The molecular formula is C13H6Y10-4. The molecule has 0 nitrogen and oxygen atoms in total. The molecule has 2 aromatic carbocycles. The molecule has 10 heteroatoms. The molecule has 1 aliphatic rings. The van der Waals surface area contributed by atoms with Crippen molar-refractivity contribution < 1.29 is 327 Å². The molecule has 0 bridgehead atoms. The minimum absolute atomic E-state index is 0. The van der Waals surface area contributed by atoms with Gasteiger partial charge in [-0.3, -0.25) is 11.1 Å². The summed E-state index contributed by atoms with van der Waals surface area (Å²) in [6.45, 7) is 0. The van der Waals surface area contributed by atoms with E-state index in [-0.39, 0.29) is 327 Å². The van der Waals surface area contributed by atoms with Crippen molar-refractivity contribution in [3.05, 3.63) is 59.7 Å². The van der Waals surface area contributed by atoms with Gasteiger partial charge in [-0.25, -0.2) is 0 Å². The third-order valence-corrected chi connectivity index (χ3v) is 2.41. The molecule has 0 fully saturated rings. The predicted octanol–water partition coefficient (Wildman–Crippen LogP) is 2.43. The summed E-state index contributed by atoms with van der Waals surface area (Å²) in [5.41, 5.74) is 4.99. The summed E-state index contributed by atoms with van der Waals surface area (Å²) in [5.74, 6) is 0. The van der Waals surface area contributed by atoms with Gasteiger partial charge in [-0.15, -0.1) is 0 Å². The van der Waals surface area contributed by atoms with E-state index in [1.165, 1.54) is 22.3 Å². The Kier molecular flexibility index (Phi) is 73.5. The van der Waals surface area contributed by atoms with Gasteiger partial charge < -0.3 is 59.7 Å². The van der Waals surface area contributed by atoms with Gasteiger partial charge in [-0.2, -0.15) is 0 Å². The minimum Gasteiger partial charge on any atom is -0.360 e. The fourth-order valence-corrected chi connectivity index (χ4v) is 1.79. The molecule has 3 rings (SSSR count). The fraction of sp³-hybridized carbons (Fsp3) is 0.0769. The average molecular weight is 1050 g/mol. The van der Waals surface area contributed by atoms with Crippen LogP contribution in [-0.4, -0.2) is 0 Å². The molecule has 0 saturated heterocycles. The maximum atomic E-state index is 3.21. The average Bonchev–Trinajstić information content (AvgIpc) is 2.56. The van der Waals surface area contributed by atoms with Crippen molar-refractivity contribution in [2.24, 2.45) is 0 Å². The number of fused-ring (bicyclic) bond motifs is 3. The van der Waals surface area contributed by atoms with Crippen molar-refractivity contribution >= 4 is 0 Å². The SMILES string of the molecule is [Y].[Y].[Y].[Y].[Y].[Y].[Y].[Y].[Y].[Y].[c-]1c[c-]c2c(c1)-c1c[c-]c[c-]c1C2. The Labute approximate surface area is 392 Å². The molecule has 92 valence electrons. The van der Waals surface area contributed by atoms with Crippen molar-refractivity contribution in [1.29, 1.82) is 0 Å². The Morgan fingerprint density at radius 2 is 0.826 bits per heavy atom. The van der Waals surface area contributed by atoms with Crippen molar-refractivity contribution in [2.75, 3.05) is 0 Å². The third kappa shape index (κ3) is 17.6. The minimum atomic E-state index is 0. The van der Waals surface area contributed by atoms with Crippen molar-refractivity contribution in [3.8, 4) is 11.1 Å². The maximum Gasteiger partial charge on any atom is 0 e. The maximum absolute atomic E-state index is 3.21. The summed E-state index contributed by atoms with van der Waals surface area (Å²) in [6, 6.07) is 20.2. The number of benzene rings is 2. The van der Waals surface area contributed by atoms with E-state index in [9.17, 15) is 0 Å². The van der Waals surface area contributed by atoms with E-state index in [1.54, 1.807) is 0 Å². The summed E-state index contributed by atoms with van der Waals surface area (Å²) in [5, 5.41) is 0. The van der Waals surface area contributed by atoms with Crippen molar-refractivity contribution in [2.45, 2.75) is 6.42 Å². The first-order valence-electron chi connectivity index (χ1n) is 4.27. The summed E-state index contributed by atoms with van der Waals surface area (Å²) >= 11 is 0. The molecule has 0 unspecified atom stereocenters. The molecule has 10 radical (unpaired) electrons. The van der Waals surface area contributed by atoms with Gasteiger partial charge in [0.25, 0.3) is 0 Å². The van der Waals surface area contributed by atoms with Crippen molar-refractivity contribution in [3.63, 3.8) is 0 Å². The van der Waals surface area contributed by atoms with E-state index in [4.69, 9.17) is 0 Å². The molecule has 0 aromatic heterocycles. The summed E-state index contributed by atoms with van der Waals surface area (Å²) < 4.78 is 0. The Bertz CT molecular complexity index is 434. The molecule has 0 saturated carbocycles. The van der Waals surface area contributed by atoms with Crippen LogP contribution in [0.5, 0.6) is 0 Å². The molecular weight excluding hydrogens is 1050 g/mol. The summed E-state index contributed by atoms with van der Waals surface area (Å²) in [7, 11) is 0. The monoisotopic (exact) mass is 1050 g/mol. The topological polar surface area (TPSA) is 0 Å². The normalized spacial score (nSPS) is 6.96. The largest absolute Gasteiger partial charge is 0.360 e. The quantitative estimate of drug-likeness (QED) is 0.304. The first-order chi connectivity index (χ1) is 6.45. The first kappa shape index (κ1) is 53.7. The summed E-state index contributed by atoms with van der Waals surface area (Å²) in [4.78, 5) is 0. The zero-order chi connectivity index (χ0) is 8.67. The predicted molar refractivity (Wildman–Crippen MR) is 50.0 cm³/mol.